The van der Waals surface area contributed by atoms with E-state index in [-0.39, 0.29) is 11.6 Å². The maximum atomic E-state index is 14.3. The lowest BCUT2D eigenvalue weighted by atomic mass is 10.0. The third-order valence-corrected chi connectivity index (χ3v) is 3.74. The molecule has 1 aromatic heterocycles. The van der Waals surface area contributed by atoms with E-state index in [1.54, 1.807) is 18.6 Å². The maximum Gasteiger partial charge on any atom is 0.254 e. The van der Waals surface area contributed by atoms with Crippen LogP contribution in [0.1, 0.15) is 17.3 Å². The van der Waals surface area contributed by atoms with E-state index in [2.05, 4.69) is 10.3 Å². The molecule has 0 radical (unpaired) electrons. The van der Waals surface area contributed by atoms with Gasteiger partial charge in [0.05, 0.1) is 11.9 Å². The van der Waals surface area contributed by atoms with E-state index in [4.69, 9.17) is 0 Å². The zero-order chi connectivity index (χ0) is 16.9. The highest BCUT2D eigenvalue weighted by Gasteiger charge is 2.15. The number of halogens is 1. The Kier molecular flexibility index (Phi) is 4.70. The molecule has 5 heteroatoms. The summed E-state index contributed by atoms with van der Waals surface area (Å²) in [5.41, 5.74) is 1.71. The van der Waals surface area contributed by atoms with Crippen LogP contribution < -0.4 is 5.32 Å². The van der Waals surface area contributed by atoms with Crippen molar-refractivity contribution in [3.63, 3.8) is 0 Å². The minimum absolute atomic E-state index is 0.0483. The van der Waals surface area contributed by atoms with Gasteiger partial charge in [0.1, 0.15) is 5.82 Å². The molecular weight excluding hydrogens is 305 g/mol. The van der Waals surface area contributed by atoms with Gasteiger partial charge >= 0.3 is 0 Å². The van der Waals surface area contributed by atoms with E-state index >= 15 is 0 Å². The summed E-state index contributed by atoms with van der Waals surface area (Å²) in [5, 5.41) is 2.81. The number of aromatic nitrogens is 2. The first-order chi connectivity index (χ1) is 11.6. The summed E-state index contributed by atoms with van der Waals surface area (Å²) in [7, 11) is 0. The summed E-state index contributed by atoms with van der Waals surface area (Å²) in [5.74, 6) is -0.941. The molecule has 24 heavy (non-hydrogen) atoms. The van der Waals surface area contributed by atoms with E-state index in [1.165, 1.54) is 12.1 Å². The van der Waals surface area contributed by atoms with Crippen LogP contribution >= 0.6 is 0 Å². The molecule has 0 spiro atoms. The van der Waals surface area contributed by atoms with E-state index in [0.29, 0.717) is 6.54 Å². The molecule has 0 bridgehead atoms. The summed E-state index contributed by atoms with van der Waals surface area (Å²) >= 11 is 0. The predicted octanol–water partition coefficient (Wildman–Crippen LogP) is 3.51. The van der Waals surface area contributed by atoms with Crippen LogP contribution in [-0.2, 0) is 6.54 Å². The van der Waals surface area contributed by atoms with E-state index in [0.717, 1.165) is 11.1 Å². The molecule has 0 aliphatic heterocycles. The number of carbonyl (C=O) groups is 1. The zero-order valence-electron chi connectivity index (χ0n) is 13.3. The van der Waals surface area contributed by atoms with Crippen molar-refractivity contribution in [1.82, 2.24) is 14.9 Å². The Hall–Kier alpha value is -2.95. The van der Waals surface area contributed by atoms with Crippen molar-refractivity contribution < 1.29 is 9.18 Å². The van der Waals surface area contributed by atoms with Crippen LogP contribution in [0.3, 0.4) is 0 Å². The standard InChI is InChI=1S/C19H18FN3O/c1-14(12-23-10-9-21-13-23)22-19(24)17-8-7-16(11-18(17)20)15-5-3-2-4-6-15/h2-11,13-14H,12H2,1H3,(H,22,24)/t14-/m0/s1. The normalized spacial score (nSPS) is 11.9. The average Bonchev–Trinajstić information content (AvgIpc) is 3.08. The maximum absolute atomic E-state index is 14.3. The van der Waals surface area contributed by atoms with Crippen molar-refractivity contribution >= 4 is 5.91 Å². The van der Waals surface area contributed by atoms with Crippen LogP contribution in [0.2, 0.25) is 0 Å². The summed E-state index contributed by atoms with van der Waals surface area (Å²) in [4.78, 5) is 16.2. The van der Waals surface area contributed by atoms with Crippen LogP contribution in [0.5, 0.6) is 0 Å². The third kappa shape index (κ3) is 3.68. The van der Waals surface area contributed by atoms with Gasteiger partial charge in [-0.05, 0) is 30.2 Å². The van der Waals surface area contributed by atoms with Crippen LogP contribution in [0.15, 0.2) is 67.3 Å². The predicted molar refractivity (Wildman–Crippen MR) is 91.0 cm³/mol. The van der Waals surface area contributed by atoms with E-state index in [1.807, 2.05) is 48.0 Å². The van der Waals surface area contributed by atoms with Crippen LogP contribution in [0.25, 0.3) is 11.1 Å². The number of amides is 1. The van der Waals surface area contributed by atoms with Crippen molar-refractivity contribution in [3.8, 4) is 11.1 Å². The van der Waals surface area contributed by atoms with Gasteiger partial charge in [0, 0.05) is 25.0 Å². The van der Waals surface area contributed by atoms with Gasteiger partial charge in [-0.1, -0.05) is 36.4 Å². The summed E-state index contributed by atoms with van der Waals surface area (Å²) in [6.45, 7) is 2.45. The number of nitrogens with one attached hydrogen (secondary N) is 1. The first-order valence-corrected chi connectivity index (χ1v) is 7.75. The molecule has 0 aliphatic carbocycles. The molecule has 0 saturated carbocycles. The fraction of sp³-hybridized carbons (Fsp3) is 0.158. The topological polar surface area (TPSA) is 46.9 Å². The SMILES string of the molecule is C[C@@H](Cn1ccnc1)NC(=O)c1ccc(-c2ccccc2)cc1F. The highest BCUT2D eigenvalue weighted by molar-refractivity contribution is 5.95. The van der Waals surface area contributed by atoms with Crippen molar-refractivity contribution in [1.29, 1.82) is 0 Å². The molecule has 1 amide bonds. The zero-order valence-corrected chi connectivity index (χ0v) is 13.3. The number of rotatable bonds is 5. The third-order valence-electron chi connectivity index (χ3n) is 3.74. The van der Waals surface area contributed by atoms with E-state index in [9.17, 15) is 9.18 Å². The highest BCUT2D eigenvalue weighted by Crippen LogP contribution is 2.21. The summed E-state index contributed by atoms with van der Waals surface area (Å²) < 4.78 is 16.2. The molecule has 1 heterocycles. The van der Waals surface area contributed by atoms with Gasteiger partial charge < -0.3 is 9.88 Å². The minimum atomic E-state index is -0.524. The smallest absolute Gasteiger partial charge is 0.254 e. The Morgan fingerprint density at radius 1 is 1.21 bits per heavy atom. The Morgan fingerprint density at radius 2 is 2.00 bits per heavy atom. The number of nitrogens with zero attached hydrogens (tertiary/aromatic N) is 2. The molecule has 0 fully saturated rings. The lowest BCUT2D eigenvalue weighted by molar-refractivity contribution is 0.0932. The van der Waals surface area contributed by atoms with Crippen molar-refractivity contribution in [3.05, 3.63) is 78.6 Å². The lowest BCUT2D eigenvalue weighted by Crippen LogP contribution is -2.35. The molecule has 2 aromatic carbocycles. The molecule has 3 aromatic rings. The van der Waals surface area contributed by atoms with Gasteiger partial charge in [0.15, 0.2) is 0 Å². The number of benzene rings is 2. The van der Waals surface area contributed by atoms with Gasteiger partial charge in [0.25, 0.3) is 5.91 Å². The molecule has 0 aliphatic rings. The second-order valence-corrected chi connectivity index (χ2v) is 5.69. The van der Waals surface area contributed by atoms with Crippen molar-refractivity contribution in [2.24, 2.45) is 0 Å². The average molecular weight is 323 g/mol. The van der Waals surface area contributed by atoms with Gasteiger partial charge in [-0.3, -0.25) is 4.79 Å². The minimum Gasteiger partial charge on any atom is -0.348 e. The first-order valence-electron chi connectivity index (χ1n) is 7.75. The van der Waals surface area contributed by atoms with Gasteiger partial charge in [-0.25, -0.2) is 9.37 Å². The molecule has 1 N–H and O–H groups in total. The van der Waals surface area contributed by atoms with Crippen LogP contribution in [0.4, 0.5) is 4.39 Å². The fourth-order valence-electron chi connectivity index (χ4n) is 2.57. The quantitative estimate of drug-likeness (QED) is 0.781. The van der Waals surface area contributed by atoms with Gasteiger partial charge in [0.2, 0.25) is 0 Å². The Morgan fingerprint density at radius 3 is 2.67 bits per heavy atom. The molecule has 0 saturated heterocycles. The molecule has 1 atom stereocenters. The molecule has 4 nitrogen and oxygen atoms in total. The number of imidazole rings is 1. The largest absolute Gasteiger partial charge is 0.348 e. The monoisotopic (exact) mass is 323 g/mol. The second kappa shape index (κ2) is 7.08. The molecular formula is C19H18FN3O. The Balaban J connectivity index is 1.71. The fourth-order valence-corrected chi connectivity index (χ4v) is 2.57. The van der Waals surface area contributed by atoms with Gasteiger partial charge in [-0.15, -0.1) is 0 Å². The number of hydrogen-bond acceptors (Lipinski definition) is 2. The number of carbonyl (C=O) groups excluding carboxylic acids is 1. The van der Waals surface area contributed by atoms with Crippen LogP contribution in [0, 0.1) is 5.82 Å². The van der Waals surface area contributed by atoms with Crippen molar-refractivity contribution in [2.45, 2.75) is 19.5 Å². The van der Waals surface area contributed by atoms with Gasteiger partial charge in [-0.2, -0.15) is 0 Å². The lowest BCUT2D eigenvalue weighted by Gasteiger charge is -2.15. The molecule has 122 valence electrons. The van der Waals surface area contributed by atoms with Crippen LogP contribution in [-0.4, -0.2) is 21.5 Å². The highest BCUT2D eigenvalue weighted by atomic mass is 19.1. The van der Waals surface area contributed by atoms with Crippen molar-refractivity contribution in [2.75, 3.05) is 0 Å². The van der Waals surface area contributed by atoms with E-state index < -0.39 is 11.7 Å². The Bertz CT molecular complexity index is 816. The Labute approximate surface area is 140 Å². The second-order valence-electron chi connectivity index (χ2n) is 5.69. The summed E-state index contributed by atoms with van der Waals surface area (Å²) in [6.07, 6.45) is 5.17. The molecule has 3 rings (SSSR count). The first kappa shape index (κ1) is 15.9. The number of hydrogen-bond donors (Lipinski definition) is 1. The summed E-state index contributed by atoms with van der Waals surface area (Å²) in [6, 6.07) is 14.0. The molecule has 0 unspecified atom stereocenters.